The van der Waals surface area contributed by atoms with Gasteiger partial charge in [0.15, 0.2) is 5.82 Å². The van der Waals surface area contributed by atoms with Gasteiger partial charge in [0.05, 0.1) is 18.0 Å². The number of hydrogen-bond acceptors (Lipinski definition) is 5. The molecule has 4 rings (SSSR count). The van der Waals surface area contributed by atoms with Crippen molar-refractivity contribution < 1.29 is 9.13 Å². The van der Waals surface area contributed by atoms with Gasteiger partial charge in [-0.2, -0.15) is 0 Å². The number of fused-ring (bicyclic) bond motifs is 1. The number of aromatic nitrogens is 3. The lowest BCUT2D eigenvalue weighted by Gasteiger charge is -2.12. The Bertz CT molecular complexity index is 1120. The molecule has 134 valence electrons. The molecule has 2 aromatic carbocycles. The summed E-state index contributed by atoms with van der Waals surface area (Å²) < 4.78 is 20.6. The number of nitrogens with one attached hydrogen (secondary N) is 1. The van der Waals surface area contributed by atoms with Crippen LogP contribution in [0, 0.1) is 5.82 Å². The van der Waals surface area contributed by atoms with E-state index in [1.165, 1.54) is 0 Å². The quantitative estimate of drug-likeness (QED) is 0.579. The zero-order valence-corrected chi connectivity index (χ0v) is 14.9. The molecule has 0 bridgehead atoms. The molecule has 0 aliphatic heterocycles. The second-order valence-electron chi connectivity index (χ2n) is 5.94. The molecule has 0 aliphatic rings. The number of hydrogen-bond donors (Lipinski definition) is 1. The number of ether oxygens (including phenoxy) is 1. The van der Waals surface area contributed by atoms with E-state index in [9.17, 15) is 0 Å². The zero-order chi connectivity index (χ0) is 18.8. The highest BCUT2D eigenvalue weighted by atomic mass is 19.1. The number of halogens is 1. The lowest BCUT2D eigenvalue weighted by atomic mass is 10.0. The second-order valence-corrected chi connectivity index (χ2v) is 5.94. The van der Waals surface area contributed by atoms with Gasteiger partial charge < -0.3 is 10.1 Å². The van der Waals surface area contributed by atoms with Crippen LogP contribution in [-0.4, -0.2) is 29.1 Å². The van der Waals surface area contributed by atoms with Gasteiger partial charge in [-0.05, 0) is 42.0 Å². The SMILES string of the molecule is CNc1nc(-c2cccnc2)nc2ccc(-c3cccc(OC)c3)c(F)c12. The van der Waals surface area contributed by atoms with Crippen molar-refractivity contribution in [2.75, 3.05) is 19.5 Å². The minimum atomic E-state index is -0.372. The van der Waals surface area contributed by atoms with Crippen LogP contribution in [0.4, 0.5) is 10.2 Å². The Hall–Kier alpha value is -3.54. The van der Waals surface area contributed by atoms with Gasteiger partial charge in [0.1, 0.15) is 17.4 Å². The molecular formula is C21H17FN4O. The fraction of sp³-hybridized carbons (Fsp3) is 0.0952. The molecule has 0 aliphatic carbocycles. The van der Waals surface area contributed by atoms with E-state index in [4.69, 9.17) is 4.74 Å². The van der Waals surface area contributed by atoms with Crippen LogP contribution in [0.15, 0.2) is 60.9 Å². The molecule has 0 atom stereocenters. The highest BCUT2D eigenvalue weighted by Gasteiger charge is 2.17. The average Bonchev–Trinajstić information content (AvgIpc) is 2.73. The Morgan fingerprint density at radius 1 is 1.00 bits per heavy atom. The van der Waals surface area contributed by atoms with E-state index in [0.717, 1.165) is 11.1 Å². The summed E-state index contributed by atoms with van der Waals surface area (Å²) in [5.74, 6) is 1.22. The molecule has 2 heterocycles. The molecule has 6 heteroatoms. The van der Waals surface area contributed by atoms with E-state index in [1.54, 1.807) is 44.8 Å². The first-order valence-electron chi connectivity index (χ1n) is 8.44. The van der Waals surface area contributed by atoms with Crippen LogP contribution in [-0.2, 0) is 0 Å². The monoisotopic (exact) mass is 360 g/mol. The van der Waals surface area contributed by atoms with Gasteiger partial charge in [0, 0.05) is 30.6 Å². The molecule has 0 fully saturated rings. The Morgan fingerprint density at radius 3 is 2.59 bits per heavy atom. The minimum Gasteiger partial charge on any atom is -0.497 e. The molecule has 4 aromatic rings. The van der Waals surface area contributed by atoms with Gasteiger partial charge in [-0.15, -0.1) is 0 Å². The van der Waals surface area contributed by atoms with Crippen molar-refractivity contribution in [1.82, 2.24) is 15.0 Å². The summed E-state index contributed by atoms with van der Waals surface area (Å²) in [6.07, 6.45) is 3.37. The molecule has 2 aromatic heterocycles. The first-order chi connectivity index (χ1) is 13.2. The van der Waals surface area contributed by atoms with E-state index >= 15 is 4.39 Å². The topological polar surface area (TPSA) is 59.9 Å². The van der Waals surface area contributed by atoms with Gasteiger partial charge in [-0.25, -0.2) is 14.4 Å². The van der Waals surface area contributed by atoms with Crippen molar-refractivity contribution in [2.24, 2.45) is 0 Å². The first kappa shape index (κ1) is 16.9. The van der Waals surface area contributed by atoms with E-state index in [2.05, 4.69) is 20.3 Å². The standard InChI is InChI=1S/C21H17FN4O/c1-23-21-18-17(25-20(26-21)14-6-4-10-24-12-14)9-8-16(19(18)22)13-5-3-7-15(11-13)27-2/h3-12H,1-2H3,(H,23,25,26). The van der Waals surface area contributed by atoms with Crippen molar-refractivity contribution in [3.8, 4) is 28.3 Å². The van der Waals surface area contributed by atoms with E-state index < -0.39 is 0 Å². The van der Waals surface area contributed by atoms with Crippen LogP contribution >= 0.6 is 0 Å². The second kappa shape index (κ2) is 6.99. The van der Waals surface area contributed by atoms with Crippen molar-refractivity contribution in [3.05, 3.63) is 66.7 Å². The molecule has 0 saturated heterocycles. The largest absolute Gasteiger partial charge is 0.497 e. The van der Waals surface area contributed by atoms with Crippen molar-refractivity contribution in [1.29, 1.82) is 0 Å². The van der Waals surface area contributed by atoms with Gasteiger partial charge in [0.2, 0.25) is 0 Å². The number of methoxy groups -OCH3 is 1. The van der Waals surface area contributed by atoms with Crippen LogP contribution in [0.2, 0.25) is 0 Å². The summed E-state index contributed by atoms with van der Waals surface area (Å²) in [5, 5.41) is 3.34. The van der Waals surface area contributed by atoms with Crippen molar-refractivity contribution in [2.45, 2.75) is 0 Å². The summed E-state index contributed by atoms with van der Waals surface area (Å²) in [4.78, 5) is 13.1. The first-order valence-corrected chi connectivity index (χ1v) is 8.44. The Kier molecular flexibility index (Phi) is 4.38. The maximum atomic E-state index is 15.4. The minimum absolute atomic E-state index is 0.352. The molecule has 1 N–H and O–H groups in total. The van der Waals surface area contributed by atoms with Crippen molar-refractivity contribution >= 4 is 16.7 Å². The molecule has 27 heavy (non-hydrogen) atoms. The van der Waals surface area contributed by atoms with Crippen LogP contribution < -0.4 is 10.1 Å². The fourth-order valence-electron chi connectivity index (χ4n) is 3.00. The number of anilines is 1. The fourth-order valence-corrected chi connectivity index (χ4v) is 3.00. The predicted octanol–water partition coefficient (Wildman–Crippen LogP) is 4.55. The normalized spacial score (nSPS) is 10.8. The summed E-state index contributed by atoms with van der Waals surface area (Å²) in [6, 6.07) is 14.5. The third-order valence-electron chi connectivity index (χ3n) is 4.34. The van der Waals surface area contributed by atoms with Crippen LogP contribution in [0.25, 0.3) is 33.4 Å². The average molecular weight is 360 g/mol. The van der Waals surface area contributed by atoms with E-state index in [0.29, 0.717) is 33.9 Å². The van der Waals surface area contributed by atoms with E-state index in [-0.39, 0.29) is 5.82 Å². The molecule has 0 saturated carbocycles. The highest BCUT2D eigenvalue weighted by molar-refractivity contribution is 5.94. The number of nitrogens with zero attached hydrogens (tertiary/aromatic N) is 3. The number of rotatable bonds is 4. The van der Waals surface area contributed by atoms with Gasteiger partial charge >= 0.3 is 0 Å². The molecule has 0 radical (unpaired) electrons. The zero-order valence-electron chi connectivity index (χ0n) is 14.9. The van der Waals surface area contributed by atoms with Crippen molar-refractivity contribution in [3.63, 3.8) is 0 Å². The summed E-state index contributed by atoms with van der Waals surface area (Å²) in [7, 11) is 3.30. The molecule has 0 spiro atoms. The summed E-state index contributed by atoms with van der Waals surface area (Å²) in [5.41, 5.74) is 2.49. The van der Waals surface area contributed by atoms with Gasteiger partial charge in [0.25, 0.3) is 0 Å². The summed E-state index contributed by atoms with van der Waals surface area (Å²) >= 11 is 0. The number of pyridine rings is 1. The van der Waals surface area contributed by atoms with Gasteiger partial charge in [-0.3, -0.25) is 4.98 Å². The molecule has 0 unspecified atom stereocenters. The molecular weight excluding hydrogens is 343 g/mol. The van der Waals surface area contributed by atoms with Crippen LogP contribution in [0.3, 0.4) is 0 Å². The summed E-state index contributed by atoms with van der Waals surface area (Å²) in [6.45, 7) is 0. The maximum Gasteiger partial charge on any atom is 0.163 e. The lowest BCUT2D eigenvalue weighted by molar-refractivity contribution is 0.415. The van der Waals surface area contributed by atoms with Crippen LogP contribution in [0.5, 0.6) is 5.75 Å². The van der Waals surface area contributed by atoms with E-state index in [1.807, 2.05) is 30.3 Å². The molecule has 5 nitrogen and oxygen atoms in total. The molecule has 0 amide bonds. The third-order valence-corrected chi connectivity index (χ3v) is 4.34. The highest BCUT2D eigenvalue weighted by Crippen LogP contribution is 2.34. The third kappa shape index (κ3) is 3.06. The Balaban J connectivity index is 1.92. The predicted molar refractivity (Wildman–Crippen MR) is 104 cm³/mol. The smallest absolute Gasteiger partial charge is 0.163 e. The van der Waals surface area contributed by atoms with Gasteiger partial charge in [-0.1, -0.05) is 12.1 Å². The maximum absolute atomic E-state index is 15.4. The lowest BCUT2D eigenvalue weighted by Crippen LogP contribution is -2.01. The Morgan fingerprint density at radius 2 is 1.85 bits per heavy atom. The number of benzene rings is 2. The van der Waals surface area contributed by atoms with Crippen LogP contribution in [0.1, 0.15) is 0 Å². The Labute approximate surface area is 155 Å².